The van der Waals surface area contributed by atoms with E-state index in [1.54, 1.807) is 53.3 Å². The number of likely N-dealkylation sites (tertiary alicyclic amines) is 1. The van der Waals surface area contributed by atoms with Crippen LogP contribution in [0.15, 0.2) is 41.9 Å². The van der Waals surface area contributed by atoms with Crippen LogP contribution in [0.5, 0.6) is 0 Å². The number of methoxy groups -OCH3 is 2. The first kappa shape index (κ1) is 43.0. The summed E-state index contributed by atoms with van der Waals surface area (Å²) < 4.78 is 12.0. The molecule has 13 nitrogen and oxygen atoms in total. The van der Waals surface area contributed by atoms with Crippen molar-refractivity contribution in [3.8, 4) is 0 Å². The summed E-state index contributed by atoms with van der Waals surface area (Å²) in [6.07, 6.45) is 3.34. The molecule has 3 rings (SSSR count). The van der Waals surface area contributed by atoms with Gasteiger partial charge < -0.3 is 41.0 Å². The Hall–Kier alpha value is -3.43. The zero-order valence-electron chi connectivity index (χ0n) is 32.4. The lowest BCUT2D eigenvalue weighted by atomic mass is 9.90. The SMILES string of the molecule is CC[C@H](C)[C@@H]([C@@H](CC(=O)N1CCC[C@H]1[C@H](OC)[C@@H](C)C(=O)N[C@@H](Cc1ccccc1)c1nccs1)OC)N(C)C(=O)[C@H](CN)NC(=O)C(C)(C)NC. The molecule has 0 bridgehead atoms. The molecular formula is C38H61N7O6S. The van der Waals surface area contributed by atoms with E-state index >= 15 is 0 Å². The van der Waals surface area contributed by atoms with Crippen molar-refractivity contribution >= 4 is 35.0 Å². The van der Waals surface area contributed by atoms with Crippen LogP contribution < -0.4 is 21.7 Å². The molecule has 52 heavy (non-hydrogen) atoms. The van der Waals surface area contributed by atoms with Gasteiger partial charge in [0, 0.05) is 45.9 Å². The number of benzene rings is 1. The van der Waals surface area contributed by atoms with Crippen molar-refractivity contribution in [1.29, 1.82) is 0 Å². The molecule has 1 aromatic carbocycles. The normalized spacial score (nSPS) is 18.8. The van der Waals surface area contributed by atoms with Gasteiger partial charge in [0.25, 0.3) is 0 Å². The van der Waals surface area contributed by atoms with E-state index in [1.165, 1.54) is 11.3 Å². The van der Waals surface area contributed by atoms with E-state index < -0.39 is 35.7 Å². The molecule has 290 valence electrons. The number of aromatic nitrogens is 1. The van der Waals surface area contributed by atoms with Gasteiger partial charge in [-0.3, -0.25) is 19.2 Å². The molecule has 5 N–H and O–H groups in total. The highest BCUT2D eigenvalue weighted by Crippen LogP contribution is 2.30. The van der Waals surface area contributed by atoms with Gasteiger partial charge in [0.1, 0.15) is 11.0 Å². The lowest BCUT2D eigenvalue weighted by molar-refractivity contribution is -0.147. The summed E-state index contributed by atoms with van der Waals surface area (Å²) in [5.74, 6) is -1.62. The largest absolute Gasteiger partial charge is 0.379 e. The Balaban J connectivity index is 1.77. The summed E-state index contributed by atoms with van der Waals surface area (Å²) >= 11 is 1.50. The topological polar surface area (TPSA) is 168 Å². The number of thiazole rings is 1. The minimum Gasteiger partial charge on any atom is -0.379 e. The van der Waals surface area contributed by atoms with Crippen LogP contribution in [-0.2, 0) is 35.1 Å². The Kier molecular flexibility index (Phi) is 16.6. The molecule has 1 aliphatic rings. The van der Waals surface area contributed by atoms with Crippen LogP contribution in [0, 0.1) is 11.8 Å². The number of carbonyl (C=O) groups is 4. The molecule has 0 radical (unpaired) electrons. The van der Waals surface area contributed by atoms with Crippen molar-refractivity contribution in [2.75, 3.05) is 41.4 Å². The van der Waals surface area contributed by atoms with Gasteiger partial charge in [-0.1, -0.05) is 57.5 Å². The highest BCUT2D eigenvalue weighted by atomic mass is 32.1. The second kappa shape index (κ2) is 20.1. The van der Waals surface area contributed by atoms with E-state index in [9.17, 15) is 19.2 Å². The van der Waals surface area contributed by atoms with Crippen LogP contribution >= 0.6 is 11.3 Å². The third kappa shape index (κ3) is 10.8. The fraction of sp³-hybridized carbons (Fsp3) is 0.658. The van der Waals surface area contributed by atoms with Crippen molar-refractivity contribution in [2.24, 2.45) is 17.6 Å². The molecule has 14 heteroatoms. The Labute approximate surface area is 313 Å². The molecule has 1 aliphatic heterocycles. The van der Waals surface area contributed by atoms with Crippen molar-refractivity contribution in [3.05, 3.63) is 52.5 Å². The molecule has 0 unspecified atom stereocenters. The molecule has 1 aromatic heterocycles. The van der Waals surface area contributed by atoms with Gasteiger partial charge in [-0.25, -0.2) is 4.98 Å². The summed E-state index contributed by atoms with van der Waals surface area (Å²) in [6, 6.07) is 7.91. The molecular weight excluding hydrogens is 683 g/mol. The van der Waals surface area contributed by atoms with Crippen LogP contribution in [0.25, 0.3) is 0 Å². The lowest BCUT2D eigenvalue weighted by Gasteiger charge is -2.40. The Morgan fingerprint density at radius 3 is 2.37 bits per heavy atom. The monoisotopic (exact) mass is 743 g/mol. The number of likely N-dealkylation sites (N-methyl/N-ethyl adjacent to an activating group) is 2. The number of ether oxygens (including phenoxy) is 2. The lowest BCUT2D eigenvalue weighted by Crippen LogP contribution is -2.61. The van der Waals surface area contributed by atoms with Crippen molar-refractivity contribution in [3.63, 3.8) is 0 Å². The quantitative estimate of drug-likeness (QED) is 0.160. The molecule has 8 atom stereocenters. The van der Waals surface area contributed by atoms with E-state index in [2.05, 4.69) is 20.9 Å². The summed E-state index contributed by atoms with van der Waals surface area (Å²) in [4.78, 5) is 62.6. The minimum absolute atomic E-state index is 0.0201. The van der Waals surface area contributed by atoms with Gasteiger partial charge in [-0.2, -0.15) is 0 Å². The number of rotatable bonds is 20. The van der Waals surface area contributed by atoms with Gasteiger partial charge in [0.15, 0.2) is 0 Å². The molecule has 0 aliphatic carbocycles. The molecule has 0 saturated carbocycles. The van der Waals surface area contributed by atoms with E-state index in [0.29, 0.717) is 19.4 Å². The van der Waals surface area contributed by atoms with Gasteiger partial charge >= 0.3 is 0 Å². The van der Waals surface area contributed by atoms with Crippen LogP contribution in [-0.4, -0.2) is 116 Å². The van der Waals surface area contributed by atoms with E-state index in [4.69, 9.17) is 15.2 Å². The average molecular weight is 744 g/mol. The van der Waals surface area contributed by atoms with Gasteiger partial charge in [-0.15, -0.1) is 11.3 Å². The van der Waals surface area contributed by atoms with Gasteiger partial charge in [-0.05, 0) is 51.6 Å². The smallest absolute Gasteiger partial charge is 0.246 e. The summed E-state index contributed by atoms with van der Waals surface area (Å²) in [6.45, 7) is 9.75. The van der Waals surface area contributed by atoms with Crippen molar-refractivity contribution < 1.29 is 28.7 Å². The fourth-order valence-electron chi connectivity index (χ4n) is 6.99. The fourth-order valence-corrected chi connectivity index (χ4v) is 7.67. The molecule has 1 saturated heterocycles. The van der Waals surface area contributed by atoms with E-state index in [-0.39, 0.29) is 54.6 Å². The first-order valence-electron chi connectivity index (χ1n) is 18.3. The summed E-state index contributed by atoms with van der Waals surface area (Å²) in [7, 11) is 6.47. The number of nitrogens with zero attached hydrogens (tertiary/aromatic N) is 3. The van der Waals surface area contributed by atoms with Crippen molar-refractivity contribution in [2.45, 2.75) is 109 Å². The number of hydrogen-bond acceptors (Lipinski definition) is 10. The summed E-state index contributed by atoms with van der Waals surface area (Å²) in [5, 5.41) is 11.7. The number of nitrogens with two attached hydrogens (primary N) is 1. The third-order valence-electron chi connectivity index (χ3n) is 10.6. The van der Waals surface area contributed by atoms with Gasteiger partial charge in [0.2, 0.25) is 23.6 Å². The highest BCUT2D eigenvalue weighted by molar-refractivity contribution is 7.09. The van der Waals surface area contributed by atoms with Crippen LogP contribution in [0.1, 0.15) is 76.9 Å². The Morgan fingerprint density at radius 2 is 1.81 bits per heavy atom. The first-order chi connectivity index (χ1) is 24.7. The number of carbonyl (C=O) groups excluding carboxylic acids is 4. The standard InChI is InChI=1S/C38H61N7O6S/c1-10-24(2)32(44(7)36(48)28(23-39)43-37(49)38(4,5)40-6)30(50-8)22-31(46)45-19-14-17-29(45)33(51-9)25(3)34(47)42-27(35-41-18-20-52-35)21-26-15-12-11-13-16-26/h11-13,15-16,18,20,24-25,27-30,32-33,40H,10,14,17,19,21-23,39H2,1-9H3,(H,42,47)(H,43,49)/t24-,25+,27-,28-,29-,30+,32-,33+/m0/s1. The maximum atomic E-state index is 14.2. The van der Waals surface area contributed by atoms with Crippen molar-refractivity contribution in [1.82, 2.24) is 30.7 Å². The predicted molar refractivity (Wildman–Crippen MR) is 203 cm³/mol. The number of nitrogens with one attached hydrogen (secondary N) is 3. The van der Waals surface area contributed by atoms with Crippen LogP contribution in [0.3, 0.4) is 0 Å². The predicted octanol–water partition coefficient (Wildman–Crippen LogP) is 2.90. The van der Waals surface area contributed by atoms with Crippen LogP contribution in [0.2, 0.25) is 0 Å². The minimum atomic E-state index is -0.953. The first-order valence-corrected chi connectivity index (χ1v) is 19.2. The van der Waals surface area contributed by atoms with Gasteiger partial charge in [0.05, 0.1) is 48.2 Å². The van der Waals surface area contributed by atoms with E-state index in [0.717, 1.165) is 23.4 Å². The second-order valence-electron chi connectivity index (χ2n) is 14.3. The number of amides is 4. The Bertz CT molecular complexity index is 1430. The average Bonchev–Trinajstić information content (AvgIpc) is 3.87. The Morgan fingerprint density at radius 1 is 1.12 bits per heavy atom. The zero-order valence-corrected chi connectivity index (χ0v) is 33.2. The number of hydrogen-bond donors (Lipinski definition) is 4. The molecule has 4 amide bonds. The molecule has 0 spiro atoms. The third-order valence-corrected chi connectivity index (χ3v) is 11.5. The maximum Gasteiger partial charge on any atom is 0.246 e. The molecule has 2 heterocycles. The highest BCUT2D eigenvalue weighted by Gasteiger charge is 2.43. The van der Waals surface area contributed by atoms with Crippen LogP contribution in [0.4, 0.5) is 0 Å². The maximum absolute atomic E-state index is 14.2. The molecule has 1 fully saturated rings. The summed E-state index contributed by atoms with van der Waals surface area (Å²) in [5.41, 5.74) is 6.18. The molecule has 2 aromatic rings. The zero-order chi connectivity index (χ0) is 38.6. The second-order valence-corrected chi connectivity index (χ2v) is 15.3. The van der Waals surface area contributed by atoms with E-state index in [1.807, 2.05) is 61.4 Å².